The molecule has 3 rings (SSSR count). The van der Waals surface area contributed by atoms with E-state index >= 15 is 0 Å². The second kappa shape index (κ2) is 5.36. The molecule has 0 spiro atoms. The molecule has 1 amide bonds. The fourth-order valence-corrected chi connectivity index (χ4v) is 2.27. The monoisotopic (exact) mass is 283 g/mol. The quantitative estimate of drug-likeness (QED) is 0.801. The minimum atomic E-state index is -0.392. The molecule has 0 saturated carbocycles. The highest BCUT2D eigenvalue weighted by molar-refractivity contribution is 6.07. The maximum Gasteiger partial charge on any atom is 0.276 e. The third-order valence-corrected chi connectivity index (χ3v) is 3.24. The smallest absolute Gasteiger partial charge is 0.276 e. The van der Waals surface area contributed by atoms with Crippen molar-refractivity contribution in [1.82, 2.24) is 9.38 Å². The summed E-state index contributed by atoms with van der Waals surface area (Å²) >= 11 is 0. The van der Waals surface area contributed by atoms with Crippen LogP contribution < -0.4 is 5.32 Å². The number of imidazole rings is 1. The van der Waals surface area contributed by atoms with Crippen molar-refractivity contribution in [3.63, 3.8) is 0 Å². The molecular formula is C16H14FN3O. The molecule has 0 unspecified atom stereocenters. The first-order chi connectivity index (χ1) is 10.2. The van der Waals surface area contributed by atoms with Crippen LogP contribution in [0.1, 0.15) is 23.2 Å². The SMILES string of the molecule is CCc1nc(C(=O)Nc2cccc(F)c2)c2ccccn12. The van der Waals surface area contributed by atoms with E-state index in [2.05, 4.69) is 10.3 Å². The number of hydrogen-bond acceptors (Lipinski definition) is 2. The summed E-state index contributed by atoms with van der Waals surface area (Å²) in [5.74, 6) is 0.0794. The van der Waals surface area contributed by atoms with E-state index in [1.807, 2.05) is 35.7 Å². The Labute approximate surface area is 121 Å². The Morgan fingerprint density at radius 2 is 2.14 bits per heavy atom. The molecule has 2 heterocycles. The molecule has 0 bridgehead atoms. The lowest BCUT2D eigenvalue weighted by molar-refractivity contribution is 0.102. The predicted octanol–water partition coefficient (Wildman–Crippen LogP) is 3.29. The minimum absolute atomic E-state index is 0.344. The number of fused-ring (bicyclic) bond motifs is 1. The van der Waals surface area contributed by atoms with Crippen LogP contribution in [0.15, 0.2) is 48.7 Å². The van der Waals surface area contributed by atoms with Gasteiger partial charge in [-0.1, -0.05) is 19.1 Å². The summed E-state index contributed by atoms with van der Waals surface area (Å²) in [5, 5.41) is 2.67. The van der Waals surface area contributed by atoms with Crippen molar-refractivity contribution in [1.29, 1.82) is 0 Å². The summed E-state index contributed by atoms with van der Waals surface area (Å²) in [4.78, 5) is 16.7. The molecule has 0 aliphatic heterocycles. The van der Waals surface area contributed by atoms with Gasteiger partial charge >= 0.3 is 0 Å². The second-order valence-electron chi connectivity index (χ2n) is 4.65. The number of benzene rings is 1. The van der Waals surface area contributed by atoms with Gasteiger partial charge in [-0.25, -0.2) is 9.37 Å². The molecule has 0 radical (unpaired) electrons. The highest BCUT2D eigenvalue weighted by atomic mass is 19.1. The Balaban J connectivity index is 1.98. The lowest BCUT2D eigenvalue weighted by Crippen LogP contribution is -2.13. The number of nitrogens with one attached hydrogen (secondary N) is 1. The normalized spacial score (nSPS) is 10.8. The summed E-state index contributed by atoms with van der Waals surface area (Å²) in [6.45, 7) is 1.98. The number of carbonyl (C=O) groups excluding carboxylic acids is 1. The first-order valence-corrected chi connectivity index (χ1v) is 6.72. The van der Waals surface area contributed by atoms with E-state index in [4.69, 9.17) is 0 Å². The highest BCUT2D eigenvalue weighted by Gasteiger charge is 2.16. The summed E-state index contributed by atoms with van der Waals surface area (Å²) in [5.41, 5.74) is 1.50. The van der Waals surface area contributed by atoms with E-state index in [1.165, 1.54) is 12.1 Å². The van der Waals surface area contributed by atoms with Gasteiger partial charge in [0.05, 0.1) is 5.52 Å². The van der Waals surface area contributed by atoms with Crippen LogP contribution in [0.2, 0.25) is 0 Å². The number of halogens is 1. The predicted molar refractivity (Wildman–Crippen MR) is 78.9 cm³/mol. The Morgan fingerprint density at radius 3 is 2.90 bits per heavy atom. The van der Waals surface area contributed by atoms with Crippen molar-refractivity contribution in [3.05, 3.63) is 66.0 Å². The van der Waals surface area contributed by atoms with Gasteiger partial charge < -0.3 is 9.72 Å². The molecule has 0 fully saturated rings. The molecular weight excluding hydrogens is 269 g/mol. The fourth-order valence-electron chi connectivity index (χ4n) is 2.27. The molecule has 0 aliphatic rings. The molecule has 0 saturated heterocycles. The molecule has 21 heavy (non-hydrogen) atoms. The number of anilines is 1. The van der Waals surface area contributed by atoms with E-state index in [0.717, 1.165) is 17.8 Å². The highest BCUT2D eigenvalue weighted by Crippen LogP contribution is 2.16. The number of aromatic nitrogens is 2. The topological polar surface area (TPSA) is 46.4 Å². The molecule has 0 aliphatic carbocycles. The van der Waals surface area contributed by atoms with Crippen molar-refractivity contribution < 1.29 is 9.18 Å². The summed E-state index contributed by atoms with van der Waals surface area (Å²) in [7, 11) is 0. The lowest BCUT2D eigenvalue weighted by Gasteiger charge is -2.03. The van der Waals surface area contributed by atoms with Crippen LogP contribution in [0, 0.1) is 5.82 Å². The summed E-state index contributed by atoms with van der Waals surface area (Å²) < 4.78 is 15.1. The standard InChI is InChI=1S/C16H14FN3O/c1-2-14-19-15(13-8-3-4-9-20(13)14)16(21)18-12-7-5-6-11(17)10-12/h3-10H,2H2,1H3,(H,18,21). The van der Waals surface area contributed by atoms with Crippen molar-refractivity contribution in [3.8, 4) is 0 Å². The van der Waals surface area contributed by atoms with Crippen molar-refractivity contribution in [2.45, 2.75) is 13.3 Å². The van der Waals surface area contributed by atoms with E-state index in [0.29, 0.717) is 11.4 Å². The van der Waals surface area contributed by atoms with E-state index in [9.17, 15) is 9.18 Å². The van der Waals surface area contributed by atoms with Crippen LogP contribution in [0.25, 0.3) is 5.52 Å². The van der Waals surface area contributed by atoms with E-state index in [-0.39, 0.29) is 5.91 Å². The Hall–Kier alpha value is -2.69. The third kappa shape index (κ3) is 2.50. The molecule has 2 aromatic heterocycles. The van der Waals surface area contributed by atoms with Crippen molar-refractivity contribution in [2.75, 3.05) is 5.32 Å². The van der Waals surface area contributed by atoms with Crippen LogP contribution >= 0.6 is 0 Å². The van der Waals surface area contributed by atoms with Crippen molar-refractivity contribution in [2.24, 2.45) is 0 Å². The second-order valence-corrected chi connectivity index (χ2v) is 4.65. The van der Waals surface area contributed by atoms with Crippen LogP contribution in [-0.2, 0) is 6.42 Å². The van der Waals surface area contributed by atoms with Crippen LogP contribution in [0.5, 0.6) is 0 Å². The Morgan fingerprint density at radius 1 is 1.29 bits per heavy atom. The molecule has 0 atom stereocenters. The van der Waals surface area contributed by atoms with Gasteiger partial charge in [-0.05, 0) is 30.3 Å². The number of carbonyl (C=O) groups is 1. The van der Waals surface area contributed by atoms with Crippen LogP contribution in [0.4, 0.5) is 10.1 Å². The van der Waals surface area contributed by atoms with Gasteiger partial charge in [-0.2, -0.15) is 0 Å². The fraction of sp³-hybridized carbons (Fsp3) is 0.125. The molecule has 1 aromatic carbocycles. The van der Waals surface area contributed by atoms with E-state index < -0.39 is 5.82 Å². The summed E-state index contributed by atoms with van der Waals surface area (Å²) in [6.07, 6.45) is 2.60. The van der Waals surface area contributed by atoms with Crippen LogP contribution in [-0.4, -0.2) is 15.3 Å². The summed E-state index contributed by atoms with van der Waals surface area (Å²) in [6, 6.07) is 11.4. The van der Waals surface area contributed by atoms with Crippen LogP contribution in [0.3, 0.4) is 0 Å². The first kappa shape index (κ1) is 13.3. The van der Waals surface area contributed by atoms with Gasteiger partial charge in [-0.3, -0.25) is 4.79 Å². The molecule has 3 aromatic rings. The average Bonchev–Trinajstić information content (AvgIpc) is 2.86. The van der Waals surface area contributed by atoms with Gasteiger partial charge in [0.1, 0.15) is 11.6 Å². The van der Waals surface area contributed by atoms with E-state index in [1.54, 1.807) is 12.1 Å². The number of rotatable bonds is 3. The maximum atomic E-state index is 13.2. The Kier molecular flexibility index (Phi) is 3.39. The van der Waals surface area contributed by atoms with Gasteiger partial charge in [0.15, 0.2) is 5.69 Å². The third-order valence-electron chi connectivity index (χ3n) is 3.24. The molecule has 4 nitrogen and oxygen atoms in total. The number of amides is 1. The zero-order valence-corrected chi connectivity index (χ0v) is 11.5. The number of pyridine rings is 1. The van der Waals surface area contributed by atoms with Gasteiger partial charge in [-0.15, -0.1) is 0 Å². The number of aryl methyl sites for hydroxylation is 1. The lowest BCUT2D eigenvalue weighted by atomic mass is 10.2. The first-order valence-electron chi connectivity index (χ1n) is 6.72. The largest absolute Gasteiger partial charge is 0.320 e. The van der Waals surface area contributed by atoms with Crippen molar-refractivity contribution >= 4 is 17.1 Å². The van der Waals surface area contributed by atoms with Gasteiger partial charge in [0.2, 0.25) is 0 Å². The molecule has 1 N–H and O–H groups in total. The number of nitrogens with zero attached hydrogens (tertiary/aromatic N) is 2. The zero-order valence-electron chi connectivity index (χ0n) is 11.5. The average molecular weight is 283 g/mol. The maximum absolute atomic E-state index is 13.2. The minimum Gasteiger partial charge on any atom is -0.320 e. The number of hydrogen-bond donors (Lipinski definition) is 1. The molecule has 5 heteroatoms. The molecule has 106 valence electrons. The van der Waals surface area contributed by atoms with Gasteiger partial charge in [0.25, 0.3) is 5.91 Å². The zero-order chi connectivity index (χ0) is 14.8. The Bertz CT molecular complexity index is 810. The van der Waals surface area contributed by atoms with Gasteiger partial charge in [0, 0.05) is 18.3 Å².